The van der Waals surface area contributed by atoms with Gasteiger partial charge in [0.1, 0.15) is 0 Å². The van der Waals surface area contributed by atoms with Crippen LogP contribution in [0.1, 0.15) is 24.1 Å². The molecule has 1 N–H and O–H groups in total. The molecule has 0 amide bonds. The third-order valence-corrected chi connectivity index (χ3v) is 4.84. The maximum atomic E-state index is 13.2. The van der Waals surface area contributed by atoms with Crippen molar-refractivity contribution in [1.29, 1.82) is 0 Å². The monoisotopic (exact) mass is 470 g/mol. The number of benzene rings is 2. The highest BCUT2D eigenvalue weighted by Crippen LogP contribution is 2.35. The zero-order chi connectivity index (χ0) is 21.5. The van der Waals surface area contributed by atoms with Crippen LogP contribution in [0.4, 0.5) is 24.7 Å². The van der Waals surface area contributed by atoms with Gasteiger partial charge in [-0.25, -0.2) is 4.68 Å². The average Bonchev–Trinajstić information content (AvgIpc) is 2.64. The molecule has 29 heavy (non-hydrogen) atoms. The summed E-state index contributed by atoms with van der Waals surface area (Å²) in [6.07, 6.45) is -4.73. The Morgan fingerprint density at radius 1 is 1.21 bits per heavy atom. The first-order valence-corrected chi connectivity index (χ1v) is 9.06. The number of fused-ring (bicyclic) bond motifs is 1. The maximum absolute atomic E-state index is 13.2. The smallest absolute Gasteiger partial charge is 0.362 e. The molecule has 0 fully saturated rings. The number of nitrogens with zero attached hydrogens (tertiary/aromatic N) is 3. The Morgan fingerprint density at radius 2 is 1.90 bits per heavy atom. The molecular formula is C18H14BrF3N4O3. The van der Waals surface area contributed by atoms with Crippen LogP contribution in [-0.2, 0) is 13.2 Å². The first-order valence-electron chi connectivity index (χ1n) is 8.27. The second-order valence-corrected chi connectivity index (χ2v) is 7.32. The highest BCUT2D eigenvalue weighted by molar-refractivity contribution is 9.10. The molecule has 1 aromatic heterocycles. The lowest BCUT2D eigenvalue weighted by molar-refractivity contribution is -0.385. The van der Waals surface area contributed by atoms with Crippen molar-refractivity contribution in [3.63, 3.8) is 0 Å². The summed E-state index contributed by atoms with van der Waals surface area (Å²) in [5.74, 6) is 0.260. The van der Waals surface area contributed by atoms with Crippen molar-refractivity contribution in [2.45, 2.75) is 19.1 Å². The number of aryl methyl sites for hydroxylation is 1. The maximum Gasteiger partial charge on any atom is 0.416 e. The van der Waals surface area contributed by atoms with E-state index in [1.807, 2.05) is 0 Å². The molecule has 0 bridgehead atoms. The molecule has 152 valence electrons. The Morgan fingerprint density at radius 3 is 2.52 bits per heavy atom. The molecule has 0 spiro atoms. The van der Waals surface area contributed by atoms with E-state index in [0.29, 0.717) is 21.3 Å². The van der Waals surface area contributed by atoms with Gasteiger partial charge in [-0.1, -0.05) is 15.9 Å². The minimum atomic E-state index is -4.73. The van der Waals surface area contributed by atoms with E-state index in [9.17, 15) is 28.1 Å². The van der Waals surface area contributed by atoms with E-state index < -0.39 is 28.4 Å². The fourth-order valence-electron chi connectivity index (χ4n) is 2.87. The molecule has 2 aromatic carbocycles. The summed E-state index contributed by atoms with van der Waals surface area (Å²) in [5.41, 5.74) is -2.05. The predicted molar refractivity (Wildman–Crippen MR) is 105 cm³/mol. The highest BCUT2D eigenvalue weighted by Gasteiger charge is 2.33. The molecule has 11 heteroatoms. The summed E-state index contributed by atoms with van der Waals surface area (Å²) in [6.45, 7) is 1.55. The topological polar surface area (TPSA) is 90.1 Å². The van der Waals surface area contributed by atoms with Gasteiger partial charge in [0.25, 0.3) is 11.2 Å². The van der Waals surface area contributed by atoms with E-state index in [-0.39, 0.29) is 16.9 Å². The molecule has 1 heterocycles. The first kappa shape index (κ1) is 20.8. The number of alkyl halides is 3. The van der Waals surface area contributed by atoms with Gasteiger partial charge >= 0.3 is 6.18 Å². The summed E-state index contributed by atoms with van der Waals surface area (Å²) in [7, 11) is 1.45. The van der Waals surface area contributed by atoms with Crippen LogP contribution in [0.5, 0.6) is 0 Å². The van der Waals surface area contributed by atoms with Gasteiger partial charge in [-0.15, -0.1) is 0 Å². The quantitative estimate of drug-likeness (QED) is 0.437. The second kappa shape index (κ2) is 7.47. The molecule has 1 unspecified atom stereocenters. The highest BCUT2D eigenvalue weighted by atomic mass is 79.9. The third kappa shape index (κ3) is 4.24. The van der Waals surface area contributed by atoms with E-state index in [0.717, 1.165) is 16.8 Å². The fourth-order valence-corrected chi connectivity index (χ4v) is 3.23. The van der Waals surface area contributed by atoms with E-state index in [1.54, 1.807) is 25.1 Å². The van der Waals surface area contributed by atoms with Crippen molar-refractivity contribution in [1.82, 2.24) is 9.78 Å². The average molecular weight is 471 g/mol. The van der Waals surface area contributed by atoms with Crippen LogP contribution in [0.3, 0.4) is 0 Å². The summed E-state index contributed by atoms with van der Waals surface area (Å²) >= 11 is 3.31. The van der Waals surface area contributed by atoms with E-state index in [1.165, 1.54) is 7.05 Å². The predicted octanol–water partition coefficient (Wildman–Crippen LogP) is 4.80. The SMILES string of the molecule is CC(Nc1nn(C)c(=O)c2ccc(Br)cc12)c1cc([N+](=O)[O-])cc(C(F)(F)F)c1. The lowest BCUT2D eigenvalue weighted by Gasteiger charge is -2.18. The van der Waals surface area contributed by atoms with Crippen LogP contribution in [0, 0.1) is 10.1 Å². The summed E-state index contributed by atoms with van der Waals surface area (Å²) in [4.78, 5) is 22.5. The van der Waals surface area contributed by atoms with Crippen molar-refractivity contribution in [2.24, 2.45) is 7.05 Å². The molecule has 0 saturated heterocycles. The standard InChI is InChI=1S/C18H14BrF3N4O3/c1-9(10-5-11(18(20,21)22)7-13(6-10)26(28)29)23-16-15-8-12(19)3-4-14(15)17(27)25(2)24-16/h3-9H,1-2H3,(H,23,24). The second-order valence-electron chi connectivity index (χ2n) is 6.40. The van der Waals surface area contributed by atoms with Crippen LogP contribution >= 0.6 is 15.9 Å². The Bertz CT molecular complexity index is 1180. The van der Waals surface area contributed by atoms with Crippen molar-refractivity contribution in [3.8, 4) is 0 Å². The third-order valence-electron chi connectivity index (χ3n) is 4.34. The molecule has 0 radical (unpaired) electrons. The van der Waals surface area contributed by atoms with Crippen LogP contribution in [0.25, 0.3) is 10.8 Å². The summed E-state index contributed by atoms with van der Waals surface area (Å²) in [6, 6.07) is 6.61. The number of nitrogens with one attached hydrogen (secondary N) is 1. The number of anilines is 1. The number of non-ortho nitro benzene ring substituents is 1. The summed E-state index contributed by atoms with van der Waals surface area (Å²) < 4.78 is 41.3. The van der Waals surface area contributed by atoms with Gasteiger partial charge in [0, 0.05) is 29.0 Å². The Hall–Kier alpha value is -2.95. The van der Waals surface area contributed by atoms with Crippen LogP contribution in [-0.4, -0.2) is 14.7 Å². The molecule has 3 rings (SSSR count). The van der Waals surface area contributed by atoms with Gasteiger partial charge < -0.3 is 5.32 Å². The minimum Gasteiger partial charge on any atom is -0.362 e. The number of nitro benzene ring substituents is 1. The minimum absolute atomic E-state index is 0.0605. The zero-order valence-electron chi connectivity index (χ0n) is 15.1. The first-order chi connectivity index (χ1) is 13.5. The normalized spacial score (nSPS) is 12.8. The molecule has 0 saturated carbocycles. The van der Waals surface area contributed by atoms with Crippen molar-refractivity contribution in [3.05, 3.63) is 72.5 Å². The number of hydrogen-bond donors (Lipinski definition) is 1. The fraction of sp³-hybridized carbons (Fsp3) is 0.222. The number of nitro groups is 1. The number of halogens is 4. The molecule has 1 atom stereocenters. The molecular weight excluding hydrogens is 457 g/mol. The van der Waals surface area contributed by atoms with Gasteiger partial charge in [-0.05, 0) is 36.8 Å². The van der Waals surface area contributed by atoms with Gasteiger partial charge in [-0.3, -0.25) is 14.9 Å². The van der Waals surface area contributed by atoms with Gasteiger partial charge in [0.05, 0.1) is 21.9 Å². The number of aromatic nitrogens is 2. The van der Waals surface area contributed by atoms with E-state index in [2.05, 4.69) is 26.3 Å². The van der Waals surface area contributed by atoms with Crippen LogP contribution in [0.15, 0.2) is 45.7 Å². The van der Waals surface area contributed by atoms with Crippen molar-refractivity contribution in [2.75, 3.05) is 5.32 Å². The summed E-state index contributed by atoms with van der Waals surface area (Å²) in [5, 5.41) is 19.0. The van der Waals surface area contributed by atoms with Gasteiger partial charge in [0.2, 0.25) is 0 Å². The van der Waals surface area contributed by atoms with Crippen LogP contribution < -0.4 is 10.9 Å². The Labute approximate surface area is 170 Å². The number of hydrogen-bond acceptors (Lipinski definition) is 5. The van der Waals surface area contributed by atoms with Crippen LogP contribution in [0.2, 0.25) is 0 Å². The molecule has 0 aliphatic heterocycles. The Balaban J connectivity index is 2.09. The molecule has 0 aliphatic carbocycles. The van der Waals surface area contributed by atoms with Crippen molar-refractivity contribution >= 4 is 38.2 Å². The lowest BCUT2D eigenvalue weighted by atomic mass is 10.0. The van der Waals surface area contributed by atoms with Crippen molar-refractivity contribution < 1.29 is 18.1 Å². The van der Waals surface area contributed by atoms with E-state index >= 15 is 0 Å². The van der Waals surface area contributed by atoms with Gasteiger partial charge in [-0.2, -0.15) is 18.3 Å². The van der Waals surface area contributed by atoms with E-state index in [4.69, 9.17) is 0 Å². The molecule has 0 aliphatic rings. The largest absolute Gasteiger partial charge is 0.416 e. The Kier molecular flexibility index (Phi) is 5.35. The zero-order valence-corrected chi connectivity index (χ0v) is 16.7. The number of rotatable bonds is 4. The van der Waals surface area contributed by atoms with Gasteiger partial charge in [0.15, 0.2) is 5.82 Å². The molecule has 7 nitrogen and oxygen atoms in total. The molecule has 3 aromatic rings. The lowest BCUT2D eigenvalue weighted by Crippen LogP contribution is -2.22.